The van der Waals surface area contributed by atoms with E-state index in [1.807, 2.05) is 60.7 Å². The quantitative estimate of drug-likeness (QED) is 0.556. The van der Waals surface area contributed by atoms with Crippen LogP contribution in [0.25, 0.3) is 11.3 Å². The fourth-order valence-electron chi connectivity index (χ4n) is 4.39. The van der Waals surface area contributed by atoms with Gasteiger partial charge in [-0.1, -0.05) is 63.2 Å². The highest BCUT2D eigenvalue weighted by Crippen LogP contribution is 2.31. The van der Waals surface area contributed by atoms with Gasteiger partial charge in [-0.25, -0.2) is 14.8 Å². The molecule has 35 heavy (non-hydrogen) atoms. The number of anilines is 2. The second-order valence-corrected chi connectivity index (χ2v) is 9.87. The Morgan fingerprint density at radius 1 is 0.971 bits per heavy atom. The van der Waals surface area contributed by atoms with Crippen LogP contribution in [0.2, 0.25) is 0 Å². The summed E-state index contributed by atoms with van der Waals surface area (Å²) in [7, 11) is 0. The molecular formula is C27H30N4O4. The van der Waals surface area contributed by atoms with Gasteiger partial charge < -0.3 is 19.5 Å². The highest BCUT2D eigenvalue weighted by molar-refractivity contribution is 5.84. The zero-order valence-electron chi connectivity index (χ0n) is 20.1. The van der Waals surface area contributed by atoms with Crippen LogP contribution in [0, 0.1) is 0 Å². The Balaban J connectivity index is 1.17. The summed E-state index contributed by atoms with van der Waals surface area (Å²) < 4.78 is 17.5. The number of carbonyl (C=O) groups excluding carboxylic acids is 1. The molecule has 2 saturated heterocycles. The van der Waals surface area contributed by atoms with Crippen LogP contribution in [0.5, 0.6) is 0 Å². The van der Waals surface area contributed by atoms with Gasteiger partial charge in [-0.3, -0.25) is 5.32 Å². The highest BCUT2D eigenvalue weighted by Gasteiger charge is 2.49. The molecule has 3 heterocycles. The molecule has 5 rings (SSSR count). The summed E-state index contributed by atoms with van der Waals surface area (Å²) in [5, 5.41) is 6.12. The van der Waals surface area contributed by atoms with Gasteiger partial charge >= 0.3 is 6.09 Å². The lowest BCUT2D eigenvalue weighted by Crippen LogP contribution is -2.38. The van der Waals surface area contributed by atoms with Crippen LogP contribution in [-0.2, 0) is 19.6 Å². The van der Waals surface area contributed by atoms with Crippen molar-refractivity contribution >= 4 is 17.7 Å². The minimum Gasteiger partial charge on any atom is -0.441 e. The van der Waals surface area contributed by atoms with Gasteiger partial charge in [0, 0.05) is 17.4 Å². The van der Waals surface area contributed by atoms with E-state index in [2.05, 4.69) is 41.4 Å². The predicted molar refractivity (Wildman–Crippen MR) is 133 cm³/mol. The van der Waals surface area contributed by atoms with Crippen LogP contribution in [-0.4, -0.2) is 53.6 Å². The molecule has 8 heteroatoms. The van der Waals surface area contributed by atoms with Crippen LogP contribution < -0.4 is 10.6 Å². The van der Waals surface area contributed by atoms with E-state index < -0.39 is 12.2 Å². The van der Waals surface area contributed by atoms with Gasteiger partial charge in [0.05, 0.1) is 24.9 Å². The Hall–Kier alpha value is -3.49. The Kier molecular flexibility index (Phi) is 6.40. The summed E-state index contributed by atoms with van der Waals surface area (Å²) in [6, 6.07) is 19.4. The molecule has 2 aliphatic heterocycles. The molecule has 2 N–H and O–H groups in total. The normalized spacial score (nSPS) is 23.5. The molecule has 0 aliphatic carbocycles. The van der Waals surface area contributed by atoms with Gasteiger partial charge in [0.25, 0.3) is 0 Å². The molecule has 2 aliphatic rings. The van der Waals surface area contributed by atoms with Gasteiger partial charge in [-0.15, -0.1) is 0 Å². The van der Waals surface area contributed by atoms with E-state index in [1.54, 1.807) is 6.20 Å². The number of aromatic nitrogens is 2. The van der Waals surface area contributed by atoms with Crippen molar-refractivity contribution in [1.82, 2.24) is 9.97 Å². The lowest BCUT2D eigenvalue weighted by Gasteiger charge is -2.20. The van der Waals surface area contributed by atoms with Crippen LogP contribution >= 0.6 is 0 Å². The van der Waals surface area contributed by atoms with Crippen molar-refractivity contribution in [2.45, 2.75) is 50.5 Å². The smallest absolute Gasteiger partial charge is 0.412 e. The average Bonchev–Trinajstić information content (AvgIpc) is 3.43. The number of ether oxygens (including phenoxy) is 3. The first-order valence-corrected chi connectivity index (χ1v) is 11.8. The SMILES string of the molecule is CC(C)(C)c1ccc(NC(=O)O[C@@H]2CO[C@H]3[C@@H]2OC[C@@H]3Nc2nccc(-c3ccccc3)n2)cc1. The van der Waals surface area contributed by atoms with Crippen molar-refractivity contribution in [3.05, 3.63) is 72.4 Å². The fraction of sp³-hybridized carbons (Fsp3) is 0.370. The molecular weight excluding hydrogens is 444 g/mol. The second-order valence-electron chi connectivity index (χ2n) is 9.87. The van der Waals surface area contributed by atoms with Gasteiger partial charge in [0.2, 0.25) is 5.95 Å². The van der Waals surface area contributed by atoms with E-state index in [9.17, 15) is 4.79 Å². The third kappa shape index (κ3) is 5.28. The van der Waals surface area contributed by atoms with E-state index in [4.69, 9.17) is 14.2 Å². The molecule has 0 unspecified atom stereocenters. The number of hydrogen-bond donors (Lipinski definition) is 2. The van der Waals surface area contributed by atoms with Crippen molar-refractivity contribution < 1.29 is 19.0 Å². The summed E-state index contributed by atoms with van der Waals surface area (Å²) >= 11 is 0. The van der Waals surface area contributed by atoms with E-state index in [0.717, 1.165) is 11.3 Å². The van der Waals surface area contributed by atoms with Crippen molar-refractivity contribution in [3.8, 4) is 11.3 Å². The highest BCUT2D eigenvalue weighted by atomic mass is 16.6. The van der Waals surface area contributed by atoms with Crippen molar-refractivity contribution in [2.24, 2.45) is 0 Å². The van der Waals surface area contributed by atoms with Crippen LogP contribution in [0.1, 0.15) is 26.3 Å². The molecule has 182 valence electrons. The standard InChI is InChI=1S/C27H30N4O4/c1-27(2,3)18-9-11-19(12-10-18)29-26(32)35-22-16-34-23-21(15-33-24(22)23)31-25-28-14-13-20(30-25)17-7-5-4-6-8-17/h4-14,21-24H,15-16H2,1-3H3,(H,29,32)(H,28,30,31)/t21-,22+,23+,24+/m0/s1. The Morgan fingerprint density at radius 2 is 1.71 bits per heavy atom. The Morgan fingerprint density at radius 3 is 2.46 bits per heavy atom. The summed E-state index contributed by atoms with van der Waals surface area (Å²) in [5.74, 6) is 0.505. The maximum atomic E-state index is 12.5. The minimum absolute atomic E-state index is 0.0491. The number of amides is 1. The second kappa shape index (κ2) is 9.64. The number of carbonyl (C=O) groups is 1. The van der Waals surface area contributed by atoms with Gasteiger partial charge in [0.15, 0.2) is 6.10 Å². The van der Waals surface area contributed by atoms with E-state index >= 15 is 0 Å². The molecule has 0 saturated carbocycles. The predicted octanol–water partition coefficient (Wildman–Crippen LogP) is 4.64. The van der Waals surface area contributed by atoms with Crippen molar-refractivity contribution in [2.75, 3.05) is 23.8 Å². The minimum atomic E-state index is -0.526. The first-order chi connectivity index (χ1) is 16.9. The van der Waals surface area contributed by atoms with E-state index in [0.29, 0.717) is 18.2 Å². The Bertz CT molecular complexity index is 1160. The van der Waals surface area contributed by atoms with Gasteiger partial charge in [-0.05, 0) is 29.2 Å². The number of rotatable bonds is 5. The summed E-state index contributed by atoms with van der Waals surface area (Å²) in [6.45, 7) is 7.13. The monoisotopic (exact) mass is 474 g/mol. The fourth-order valence-corrected chi connectivity index (χ4v) is 4.39. The van der Waals surface area contributed by atoms with E-state index in [1.165, 1.54) is 5.56 Å². The molecule has 1 amide bonds. The van der Waals surface area contributed by atoms with Gasteiger partial charge in [-0.2, -0.15) is 0 Å². The van der Waals surface area contributed by atoms with Crippen molar-refractivity contribution in [1.29, 1.82) is 0 Å². The summed E-state index contributed by atoms with van der Waals surface area (Å²) in [4.78, 5) is 21.5. The molecule has 2 fully saturated rings. The number of hydrogen-bond acceptors (Lipinski definition) is 7. The largest absolute Gasteiger partial charge is 0.441 e. The number of nitrogens with one attached hydrogen (secondary N) is 2. The zero-order chi connectivity index (χ0) is 24.4. The molecule has 0 spiro atoms. The van der Waals surface area contributed by atoms with Gasteiger partial charge in [0.1, 0.15) is 12.2 Å². The third-order valence-corrected chi connectivity index (χ3v) is 6.30. The molecule has 2 aromatic carbocycles. The first kappa shape index (κ1) is 23.3. The lowest BCUT2D eigenvalue weighted by atomic mass is 9.87. The number of benzene rings is 2. The molecule has 8 nitrogen and oxygen atoms in total. The van der Waals surface area contributed by atoms with E-state index in [-0.39, 0.29) is 30.3 Å². The topological polar surface area (TPSA) is 94.6 Å². The maximum absolute atomic E-state index is 12.5. The molecule has 3 aromatic rings. The molecule has 0 bridgehead atoms. The lowest BCUT2D eigenvalue weighted by molar-refractivity contribution is 0.00917. The van der Waals surface area contributed by atoms with Crippen LogP contribution in [0.15, 0.2) is 66.9 Å². The van der Waals surface area contributed by atoms with Crippen LogP contribution in [0.3, 0.4) is 0 Å². The maximum Gasteiger partial charge on any atom is 0.412 e. The number of fused-ring (bicyclic) bond motifs is 1. The van der Waals surface area contributed by atoms with Crippen molar-refractivity contribution in [3.63, 3.8) is 0 Å². The van der Waals surface area contributed by atoms with Crippen LogP contribution in [0.4, 0.5) is 16.4 Å². The zero-order valence-corrected chi connectivity index (χ0v) is 20.1. The number of nitrogens with zero attached hydrogens (tertiary/aromatic N) is 2. The molecule has 0 radical (unpaired) electrons. The molecule has 4 atom stereocenters. The average molecular weight is 475 g/mol. The Labute approximate surface area is 205 Å². The first-order valence-electron chi connectivity index (χ1n) is 11.8. The summed E-state index contributed by atoms with van der Waals surface area (Å²) in [6.07, 6.45) is 0.102. The summed E-state index contributed by atoms with van der Waals surface area (Å²) in [5.41, 5.74) is 3.77. The molecule has 1 aromatic heterocycles. The third-order valence-electron chi connectivity index (χ3n) is 6.30.